The number of urea groups is 1. The number of aliphatic hydroxyl groups is 2. The molecule has 4 N–H and O–H groups in total. The third kappa shape index (κ3) is 4.53. The Morgan fingerprint density at radius 2 is 1.81 bits per heavy atom. The van der Waals surface area contributed by atoms with Crippen LogP contribution in [-0.2, 0) is 0 Å². The standard InChI is InChI=1S/C26H24FN5O3S/c1-14-9-16(25-30-22-10-17(27)4-8-24(22)36-25)3-6-20(14)31-26(35)29-18-5-7-23-21(11-18)28-15(2)32(23)19(12-33)13-34/h3-11,19,33-34H,12-13H2,1-2H3,(H2,29,31,35). The number of benzene rings is 3. The summed E-state index contributed by atoms with van der Waals surface area (Å²) in [7, 11) is 0. The summed E-state index contributed by atoms with van der Waals surface area (Å²) in [6, 6.07) is 14.6. The van der Waals surface area contributed by atoms with E-state index in [-0.39, 0.29) is 19.0 Å². The Bertz CT molecular complexity index is 1590. The number of rotatable bonds is 6. The van der Waals surface area contributed by atoms with Crippen molar-refractivity contribution in [3.63, 3.8) is 0 Å². The molecule has 10 heteroatoms. The maximum Gasteiger partial charge on any atom is 0.323 e. The zero-order chi connectivity index (χ0) is 25.4. The average molecular weight is 506 g/mol. The van der Waals surface area contributed by atoms with Crippen LogP contribution in [0.4, 0.5) is 20.6 Å². The lowest BCUT2D eigenvalue weighted by atomic mass is 10.1. The smallest absolute Gasteiger partial charge is 0.323 e. The van der Waals surface area contributed by atoms with E-state index in [0.717, 1.165) is 26.4 Å². The van der Waals surface area contributed by atoms with Crippen LogP contribution in [0.3, 0.4) is 0 Å². The van der Waals surface area contributed by atoms with Crippen LogP contribution in [0.15, 0.2) is 54.6 Å². The van der Waals surface area contributed by atoms with Crippen molar-refractivity contribution in [2.24, 2.45) is 0 Å². The highest BCUT2D eigenvalue weighted by molar-refractivity contribution is 7.21. The van der Waals surface area contributed by atoms with E-state index in [0.29, 0.717) is 28.2 Å². The molecule has 0 bridgehead atoms. The molecule has 0 saturated carbocycles. The number of halogens is 1. The Balaban J connectivity index is 1.31. The minimum Gasteiger partial charge on any atom is -0.394 e. The molecule has 2 amide bonds. The summed E-state index contributed by atoms with van der Waals surface area (Å²) in [6.07, 6.45) is 0. The molecule has 0 aliphatic heterocycles. The molecule has 0 atom stereocenters. The van der Waals surface area contributed by atoms with Crippen LogP contribution in [0, 0.1) is 19.7 Å². The van der Waals surface area contributed by atoms with Gasteiger partial charge in [-0.2, -0.15) is 0 Å². The van der Waals surface area contributed by atoms with Gasteiger partial charge in [0.2, 0.25) is 0 Å². The topological polar surface area (TPSA) is 112 Å². The van der Waals surface area contributed by atoms with Gasteiger partial charge in [-0.25, -0.2) is 19.2 Å². The van der Waals surface area contributed by atoms with E-state index < -0.39 is 12.1 Å². The van der Waals surface area contributed by atoms with Crippen LogP contribution in [-0.4, -0.2) is 44.0 Å². The van der Waals surface area contributed by atoms with E-state index in [1.807, 2.05) is 25.1 Å². The lowest BCUT2D eigenvalue weighted by Gasteiger charge is -2.16. The van der Waals surface area contributed by atoms with Gasteiger partial charge in [-0.05, 0) is 67.9 Å². The van der Waals surface area contributed by atoms with Gasteiger partial charge in [-0.1, -0.05) is 0 Å². The van der Waals surface area contributed by atoms with Gasteiger partial charge in [0.05, 0.1) is 40.5 Å². The molecule has 184 valence electrons. The second kappa shape index (κ2) is 9.65. The molecule has 5 aromatic rings. The summed E-state index contributed by atoms with van der Waals surface area (Å²) in [5.74, 6) is 0.344. The Kier molecular flexibility index (Phi) is 6.40. The monoisotopic (exact) mass is 505 g/mol. The van der Waals surface area contributed by atoms with Gasteiger partial charge in [0.1, 0.15) is 16.6 Å². The molecule has 36 heavy (non-hydrogen) atoms. The molecule has 0 saturated heterocycles. The summed E-state index contributed by atoms with van der Waals surface area (Å²) in [6.45, 7) is 3.28. The highest BCUT2D eigenvalue weighted by Gasteiger charge is 2.17. The van der Waals surface area contributed by atoms with E-state index in [1.165, 1.54) is 23.5 Å². The molecule has 3 aromatic carbocycles. The van der Waals surface area contributed by atoms with Crippen molar-refractivity contribution in [1.82, 2.24) is 14.5 Å². The molecule has 0 radical (unpaired) electrons. The minimum absolute atomic E-state index is 0.207. The number of fused-ring (bicyclic) bond motifs is 2. The zero-order valence-electron chi connectivity index (χ0n) is 19.6. The molecule has 2 heterocycles. The molecule has 5 rings (SSSR count). The largest absolute Gasteiger partial charge is 0.394 e. The number of aromatic nitrogens is 3. The van der Waals surface area contributed by atoms with Crippen molar-refractivity contribution in [1.29, 1.82) is 0 Å². The number of anilines is 2. The van der Waals surface area contributed by atoms with E-state index in [9.17, 15) is 19.4 Å². The first-order valence-electron chi connectivity index (χ1n) is 11.3. The highest BCUT2D eigenvalue weighted by atomic mass is 32.1. The van der Waals surface area contributed by atoms with E-state index in [1.54, 1.807) is 35.8 Å². The number of aryl methyl sites for hydroxylation is 2. The summed E-state index contributed by atoms with van der Waals surface area (Å²) in [5, 5.41) is 25.6. The maximum atomic E-state index is 13.5. The highest BCUT2D eigenvalue weighted by Crippen LogP contribution is 2.32. The maximum absolute atomic E-state index is 13.5. The van der Waals surface area contributed by atoms with Crippen molar-refractivity contribution in [3.8, 4) is 10.6 Å². The first kappa shape index (κ1) is 23.9. The molecule has 0 unspecified atom stereocenters. The van der Waals surface area contributed by atoms with Crippen molar-refractivity contribution < 1.29 is 19.4 Å². The third-order valence-electron chi connectivity index (χ3n) is 5.98. The Morgan fingerprint density at radius 1 is 1.00 bits per heavy atom. The van der Waals surface area contributed by atoms with Gasteiger partial charge in [0, 0.05) is 23.0 Å². The van der Waals surface area contributed by atoms with Crippen molar-refractivity contribution >= 4 is 50.0 Å². The molecule has 2 aromatic heterocycles. The van der Waals surface area contributed by atoms with Gasteiger partial charge in [0.15, 0.2) is 0 Å². The summed E-state index contributed by atoms with van der Waals surface area (Å²) < 4.78 is 16.2. The second-order valence-electron chi connectivity index (χ2n) is 8.49. The molecular formula is C26H24FN5O3S. The van der Waals surface area contributed by atoms with Gasteiger partial charge >= 0.3 is 6.03 Å². The Labute approximate surface area is 210 Å². The van der Waals surface area contributed by atoms with Gasteiger partial charge in [-0.3, -0.25) is 0 Å². The van der Waals surface area contributed by atoms with Crippen LogP contribution < -0.4 is 10.6 Å². The molecule has 8 nitrogen and oxygen atoms in total. The van der Waals surface area contributed by atoms with Gasteiger partial charge in [-0.15, -0.1) is 11.3 Å². The first-order chi connectivity index (χ1) is 17.4. The lowest BCUT2D eigenvalue weighted by Crippen LogP contribution is -2.20. The SMILES string of the molecule is Cc1cc(-c2nc3cc(F)ccc3s2)ccc1NC(=O)Nc1ccc2c(c1)nc(C)n2C(CO)CO. The van der Waals surface area contributed by atoms with Crippen molar-refractivity contribution in [3.05, 3.63) is 71.8 Å². The number of hydrogen-bond donors (Lipinski definition) is 4. The fraction of sp³-hybridized carbons (Fsp3) is 0.192. The molecule has 0 spiro atoms. The van der Waals surface area contributed by atoms with Crippen molar-refractivity contribution in [2.75, 3.05) is 23.8 Å². The van der Waals surface area contributed by atoms with E-state index in [2.05, 4.69) is 20.6 Å². The number of nitrogens with zero attached hydrogens (tertiary/aromatic N) is 3. The van der Waals surface area contributed by atoms with Crippen LogP contribution in [0.5, 0.6) is 0 Å². The molecular weight excluding hydrogens is 481 g/mol. The summed E-state index contributed by atoms with van der Waals surface area (Å²) in [5.41, 5.74) is 4.99. The Hall–Kier alpha value is -3.86. The summed E-state index contributed by atoms with van der Waals surface area (Å²) >= 11 is 1.48. The minimum atomic E-state index is -0.480. The number of amides is 2. The Morgan fingerprint density at radius 3 is 2.56 bits per heavy atom. The summed E-state index contributed by atoms with van der Waals surface area (Å²) in [4.78, 5) is 21.7. The number of thiazole rings is 1. The molecule has 0 aliphatic carbocycles. The fourth-order valence-corrected chi connectivity index (χ4v) is 5.17. The third-order valence-corrected chi connectivity index (χ3v) is 7.07. The average Bonchev–Trinajstić information content (AvgIpc) is 3.41. The normalized spacial score (nSPS) is 11.5. The molecule has 0 aliphatic rings. The second-order valence-corrected chi connectivity index (χ2v) is 9.52. The van der Waals surface area contributed by atoms with Crippen LogP contribution in [0.25, 0.3) is 31.8 Å². The molecule has 0 fully saturated rings. The van der Waals surface area contributed by atoms with E-state index >= 15 is 0 Å². The number of carbonyl (C=O) groups is 1. The van der Waals surface area contributed by atoms with Crippen LogP contribution in [0.2, 0.25) is 0 Å². The number of aliphatic hydroxyl groups excluding tert-OH is 2. The first-order valence-corrected chi connectivity index (χ1v) is 12.1. The van der Waals surface area contributed by atoms with Gasteiger partial charge in [0.25, 0.3) is 0 Å². The van der Waals surface area contributed by atoms with Gasteiger partial charge < -0.3 is 25.4 Å². The van der Waals surface area contributed by atoms with Crippen LogP contribution in [0.1, 0.15) is 17.4 Å². The number of carbonyl (C=O) groups excluding carboxylic acids is 1. The van der Waals surface area contributed by atoms with Crippen molar-refractivity contribution in [2.45, 2.75) is 19.9 Å². The van der Waals surface area contributed by atoms with Crippen LogP contribution >= 0.6 is 11.3 Å². The lowest BCUT2D eigenvalue weighted by molar-refractivity contribution is 0.155. The number of imidazole rings is 1. The number of nitrogens with one attached hydrogen (secondary N) is 2. The number of hydrogen-bond acceptors (Lipinski definition) is 6. The zero-order valence-corrected chi connectivity index (χ0v) is 20.4. The predicted molar refractivity (Wildman–Crippen MR) is 140 cm³/mol. The fourth-order valence-electron chi connectivity index (χ4n) is 4.22. The quantitative estimate of drug-likeness (QED) is 0.252. The predicted octanol–water partition coefficient (Wildman–Crippen LogP) is 5.24. The van der Waals surface area contributed by atoms with E-state index in [4.69, 9.17) is 0 Å².